The molecule has 0 aromatic rings. The Hall–Kier alpha value is -0.730. The highest BCUT2D eigenvalue weighted by Crippen LogP contribution is 2.10. The first-order valence-electron chi connectivity index (χ1n) is 3.78. The third-order valence-electron chi connectivity index (χ3n) is 2.00. The molecule has 0 aromatic carbocycles. The van der Waals surface area contributed by atoms with Gasteiger partial charge < -0.3 is 10.6 Å². The fourth-order valence-electron chi connectivity index (χ4n) is 1.24. The second-order valence-electron chi connectivity index (χ2n) is 2.75. The molecule has 1 aliphatic rings. The zero-order chi connectivity index (χ0) is 7.56. The Morgan fingerprint density at radius 3 is 2.90 bits per heavy atom. The summed E-state index contributed by atoms with van der Waals surface area (Å²) >= 11 is 0. The Balaban J connectivity index is 2.40. The van der Waals surface area contributed by atoms with Gasteiger partial charge in [0.15, 0.2) is 5.96 Å². The monoisotopic (exact) mass is 141 g/mol. The molecule has 0 aliphatic carbocycles. The molecular formula is C7H15N3. The molecule has 0 saturated carbocycles. The van der Waals surface area contributed by atoms with E-state index in [0.29, 0.717) is 12.0 Å². The van der Waals surface area contributed by atoms with Crippen molar-refractivity contribution in [2.45, 2.75) is 25.8 Å². The summed E-state index contributed by atoms with van der Waals surface area (Å²) in [6, 6.07) is 0.560. The minimum absolute atomic E-state index is 0.560. The van der Waals surface area contributed by atoms with Gasteiger partial charge in [-0.2, -0.15) is 0 Å². The smallest absolute Gasteiger partial charge is 0.191 e. The summed E-state index contributed by atoms with van der Waals surface area (Å²) in [6.07, 6.45) is 2.40. The molecule has 1 heterocycles. The number of aliphatic imine (C=N–C) groups is 1. The van der Waals surface area contributed by atoms with Crippen LogP contribution in [-0.2, 0) is 0 Å². The number of nitrogens with zero attached hydrogens (tertiary/aromatic N) is 2. The predicted molar refractivity (Wildman–Crippen MR) is 42.9 cm³/mol. The highest BCUT2D eigenvalue weighted by molar-refractivity contribution is 5.79. The van der Waals surface area contributed by atoms with Crippen LogP contribution in [0.3, 0.4) is 0 Å². The fourth-order valence-corrected chi connectivity index (χ4v) is 1.24. The SMILES string of the molecule is CCCC1CN=C(N)N1C. The lowest BCUT2D eigenvalue weighted by molar-refractivity contribution is 0.376. The second-order valence-corrected chi connectivity index (χ2v) is 2.75. The highest BCUT2D eigenvalue weighted by atomic mass is 15.3. The summed E-state index contributed by atoms with van der Waals surface area (Å²) in [6.45, 7) is 3.07. The Bertz CT molecular complexity index is 142. The average molecular weight is 141 g/mol. The lowest BCUT2D eigenvalue weighted by atomic mass is 10.2. The second kappa shape index (κ2) is 2.90. The first-order valence-corrected chi connectivity index (χ1v) is 3.78. The summed E-state index contributed by atoms with van der Waals surface area (Å²) in [5.74, 6) is 0.693. The van der Waals surface area contributed by atoms with Crippen molar-refractivity contribution < 1.29 is 0 Å². The third kappa shape index (κ3) is 1.23. The van der Waals surface area contributed by atoms with Gasteiger partial charge in [0, 0.05) is 7.05 Å². The fraction of sp³-hybridized carbons (Fsp3) is 0.857. The number of likely N-dealkylation sites (N-methyl/N-ethyl adjacent to an activating group) is 1. The molecule has 3 heteroatoms. The molecule has 0 radical (unpaired) electrons. The van der Waals surface area contributed by atoms with Crippen LogP contribution in [0.25, 0.3) is 0 Å². The lowest BCUT2D eigenvalue weighted by Gasteiger charge is -2.19. The Morgan fingerprint density at radius 1 is 1.80 bits per heavy atom. The molecule has 1 aliphatic heterocycles. The molecule has 1 unspecified atom stereocenters. The molecule has 0 aromatic heterocycles. The van der Waals surface area contributed by atoms with E-state index in [1.165, 1.54) is 12.8 Å². The van der Waals surface area contributed by atoms with E-state index in [1.54, 1.807) is 0 Å². The summed E-state index contributed by atoms with van der Waals surface area (Å²) < 4.78 is 0. The first-order chi connectivity index (χ1) is 4.75. The highest BCUT2D eigenvalue weighted by Gasteiger charge is 2.20. The van der Waals surface area contributed by atoms with Gasteiger partial charge in [0.2, 0.25) is 0 Å². The van der Waals surface area contributed by atoms with Gasteiger partial charge in [0.05, 0.1) is 12.6 Å². The molecule has 3 nitrogen and oxygen atoms in total. The van der Waals surface area contributed by atoms with Crippen LogP contribution in [0.4, 0.5) is 0 Å². The lowest BCUT2D eigenvalue weighted by Crippen LogP contribution is -2.36. The van der Waals surface area contributed by atoms with E-state index in [0.717, 1.165) is 6.54 Å². The summed E-state index contributed by atoms with van der Waals surface area (Å²) in [5.41, 5.74) is 5.57. The molecule has 0 fully saturated rings. The number of hydrogen-bond donors (Lipinski definition) is 1. The maximum Gasteiger partial charge on any atom is 0.191 e. The van der Waals surface area contributed by atoms with Crippen molar-refractivity contribution in [1.82, 2.24) is 4.90 Å². The summed E-state index contributed by atoms with van der Waals surface area (Å²) in [7, 11) is 2.01. The van der Waals surface area contributed by atoms with E-state index in [2.05, 4.69) is 16.8 Å². The van der Waals surface area contributed by atoms with Crippen molar-refractivity contribution in [2.75, 3.05) is 13.6 Å². The topological polar surface area (TPSA) is 41.6 Å². The van der Waals surface area contributed by atoms with Crippen LogP contribution in [0.1, 0.15) is 19.8 Å². The minimum atomic E-state index is 0.560. The van der Waals surface area contributed by atoms with Gasteiger partial charge >= 0.3 is 0 Å². The maximum atomic E-state index is 5.57. The van der Waals surface area contributed by atoms with E-state index in [4.69, 9.17) is 5.73 Å². The van der Waals surface area contributed by atoms with E-state index in [9.17, 15) is 0 Å². The van der Waals surface area contributed by atoms with Crippen LogP contribution >= 0.6 is 0 Å². The van der Waals surface area contributed by atoms with E-state index in [-0.39, 0.29) is 0 Å². The number of guanidine groups is 1. The Morgan fingerprint density at radius 2 is 2.50 bits per heavy atom. The number of rotatable bonds is 2. The largest absolute Gasteiger partial charge is 0.370 e. The summed E-state index contributed by atoms with van der Waals surface area (Å²) in [5, 5.41) is 0. The van der Waals surface area contributed by atoms with Crippen molar-refractivity contribution in [3.63, 3.8) is 0 Å². The van der Waals surface area contributed by atoms with Crippen LogP contribution in [0.5, 0.6) is 0 Å². The van der Waals surface area contributed by atoms with Crippen molar-refractivity contribution in [1.29, 1.82) is 0 Å². The van der Waals surface area contributed by atoms with E-state index in [1.807, 2.05) is 7.05 Å². The number of nitrogens with two attached hydrogens (primary N) is 1. The molecule has 0 bridgehead atoms. The standard InChI is InChI=1S/C7H15N3/c1-3-4-6-5-9-7(8)10(6)2/h6H,3-5H2,1-2H3,(H2,8,9). The van der Waals surface area contributed by atoms with Gasteiger partial charge in [0.1, 0.15) is 0 Å². The van der Waals surface area contributed by atoms with E-state index >= 15 is 0 Å². The van der Waals surface area contributed by atoms with Crippen molar-refractivity contribution in [3.05, 3.63) is 0 Å². The molecule has 1 rings (SSSR count). The molecule has 0 amide bonds. The van der Waals surface area contributed by atoms with Crippen LogP contribution < -0.4 is 5.73 Å². The maximum absolute atomic E-state index is 5.57. The zero-order valence-electron chi connectivity index (χ0n) is 6.67. The molecule has 1 atom stereocenters. The van der Waals surface area contributed by atoms with E-state index < -0.39 is 0 Å². The molecule has 58 valence electrons. The average Bonchev–Trinajstić information content (AvgIpc) is 2.20. The van der Waals surface area contributed by atoms with Gasteiger partial charge in [-0.25, -0.2) is 0 Å². The van der Waals surface area contributed by atoms with Crippen molar-refractivity contribution in [3.8, 4) is 0 Å². The Kier molecular flexibility index (Phi) is 2.14. The molecular weight excluding hydrogens is 126 g/mol. The predicted octanol–water partition coefficient (Wildman–Crippen LogP) is 0.415. The van der Waals surface area contributed by atoms with Crippen LogP contribution in [-0.4, -0.2) is 30.5 Å². The van der Waals surface area contributed by atoms with Crippen LogP contribution in [0.2, 0.25) is 0 Å². The first kappa shape index (κ1) is 7.38. The van der Waals surface area contributed by atoms with Gasteiger partial charge in [-0.05, 0) is 6.42 Å². The molecule has 0 spiro atoms. The molecule has 0 saturated heterocycles. The van der Waals surface area contributed by atoms with Crippen LogP contribution in [0, 0.1) is 0 Å². The van der Waals surface area contributed by atoms with Gasteiger partial charge in [0.25, 0.3) is 0 Å². The van der Waals surface area contributed by atoms with Crippen LogP contribution in [0.15, 0.2) is 4.99 Å². The van der Waals surface area contributed by atoms with Crippen molar-refractivity contribution in [2.24, 2.45) is 10.7 Å². The van der Waals surface area contributed by atoms with Crippen molar-refractivity contribution >= 4 is 5.96 Å². The normalized spacial score (nSPS) is 25.2. The summed E-state index contributed by atoms with van der Waals surface area (Å²) in [4.78, 5) is 6.20. The third-order valence-corrected chi connectivity index (χ3v) is 2.00. The number of hydrogen-bond acceptors (Lipinski definition) is 3. The van der Waals surface area contributed by atoms with Gasteiger partial charge in [-0.3, -0.25) is 4.99 Å². The van der Waals surface area contributed by atoms with Gasteiger partial charge in [-0.1, -0.05) is 13.3 Å². The molecule has 10 heavy (non-hydrogen) atoms. The quantitative estimate of drug-likeness (QED) is 0.605. The van der Waals surface area contributed by atoms with Gasteiger partial charge in [-0.15, -0.1) is 0 Å². The zero-order valence-corrected chi connectivity index (χ0v) is 6.67. The Labute approximate surface area is 61.9 Å². The minimum Gasteiger partial charge on any atom is -0.370 e. The molecule has 2 N–H and O–H groups in total.